The minimum Gasteiger partial charge on any atom is -0.466 e. The number of hydrogen-bond acceptors (Lipinski definition) is 5. The van der Waals surface area contributed by atoms with Crippen molar-refractivity contribution < 1.29 is 24.5 Å². The number of unbranched alkanes of at least 4 members (excludes halogenated alkanes) is 44. The number of aliphatic hydroxyl groups excluding tert-OH is 2. The first kappa shape index (κ1) is 66.3. The van der Waals surface area contributed by atoms with Gasteiger partial charge in [-0.3, -0.25) is 9.59 Å². The molecule has 0 saturated heterocycles. The number of aliphatic hydroxyl groups is 2. The molecule has 0 fully saturated rings. The minimum atomic E-state index is -0.846. The van der Waals surface area contributed by atoms with Crippen LogP contribution in [-0.4, -0.2) is 47.4 Å². The maximum absolute atomic E-state index is 12.4. The molecule has 0 aliphatic heterocycles. The van der Waals surface area contributed by atoms with Crippen LogP contribution in [0, 0.1) is 0 Å². The summed E-state index contributed by atoms with van der Waals surface area (Å²) in [6, 6.07) is -0.630. The summed E-state index contributed by atoms with van der Waals surface area (Å²) in [5, 5.41) is 23.0. The van der Waals surface area contributed by atoms with Crippen LogP contribution in [0.4, 0.5) is 0 Å². The summed E-state index contributed by atoms with van der Waals surface area (Å²) < 4.78 is 5.50. The molecule has 0 bridgehead atoms. The lowest BCUT2D eigenvalue weighted by molar-refractivity contribution is -0.143. The van der Waals surface area contributed by atoms with Crippen LogP contribution in [0.25, 0.3) is 0 Å². The molecule has 0 spiro atoms. The Hall–Kier alpha value is -1.66. The molecule has 2 unspecified atom stereocenters. The third-order valence-electron chi connectivity index (χ3n) is 14.2. The van der Waals surface area contributed by atoms with Gasteiger partial charge in [0.05, 0.1) is 25.4 Å². The lowest BCUT2D eigenvalue weighted by Crippen LogP contribution is -2.45. The molecule has 0 saturated carbocycles. The van der Waals surface area contributed by atoms with Gasteiger partial charge in [-0.2, -0.15) is 0 Å². The predicted octanol–water partition coefficient (Wildman–Crippen LogP) is 19.0. The summed E-state index contributed by atoms with van der Waals surface area (Å²) in [6.07, 6.45) is 70.8. The van der Waals surface area contributed by atoms with E-state index in [1.807, 2.05) is 6.08 Å². The monoisotopic (exact) mass is 958 g/mol. The van der Waals surface area contributed by atoms with E-state index < -0.39 is 12.1 Å². The molecular weight excluding hydrogens is 839 g/mol. The SMILES string of the molecule is CCCCCCCCCCC/C=C/C(O)C(CO)NC(=O)CCCCCCCCC/C=C\CCCCCCCCCCCCCCOC(=O)CCCCCCCCCCCCCCCCCCC. The fourth-order valence-corrected chi connectivity index (χ4v) is 9.51. The second-order valence-electron chi connectivity index (χ2n) is 21.0. The standard InChI is InChI=1S/C62H119NO5/c1-3-5-7-9-11-13-15-16-17-25-29-32-36-40-44-48-52-56-62(67)68-57-53-49-45-41-37-33-30-27-24-22-20-18-19-21-23-26-28-31-35-39-43-47-51-55-61(66)63-59(58-64)60(65)54-50-46-42-38-34-14-12-10-8-6-4-2/h21,23,50,54,59-60,64-65H,3-20,22,24-49,51-53,55-58H2,1-2H3,(H,63,66)/b23-21-,54-50+. The van der Waals surface area contributed by atoms with Gasteiger partial charge in [-0.25, -0.2) is 0 Å². The van der Waals surface area contributed by atoms with Gasteiger partial charge in [0, 0.05) is 12.8 Å². The van der Waals surface area contributed by atoms with Crippen LogP contribution in [-0.2, 0) is 14.3 Å². The molecule has 402 valence electrons. The molecule has 0 heterocycles. The van der Waals surface area contributed by atoms with Gasteiger partial charge in [-0.15, -0.1) is 0 Å². The topological polar surface area (TPSA) is 95.9 Å². The number of amides is 1. The second kappa shape index (κ2) is 57.9. The molecule has 0 aromatic carbocycles. The summed E-state index contributed by atoms with van der Waals surface area (Å²) in [5.41, 5.74) is 0. The van der Waals surface area contributed by atoms with Crippen LogP contribution in [0.2, 0.25) is 0 Å². The predicted molar refractivity (Wildman–Crippen MR) is 296 cm³/mol. The smallest absolute Gasteiger partial charge is 0.305 e. The van der Waals surface area contributed by atoms with Gasteiger partial charge >= 0.3 is 5.97 Å². The van der Waals surface area contributed by atoms with Crippen molar-refractivity contribution in [3.05, 3.63) is 24.3 Å². The molecule has 0 radical (unpaired) electrons. The first-order chi connectivity index (χ1) is 33.5. The highest BCUT2D eigenvalue weighted by molar-refractivity contribution is 5.76. The molecule has 6 heteroatoms. The highest BCUT2D eigenvalue weighted by atomic mass is 16.5. The van der Waals surface area contributed by atoms with Crippen molar-refractivity contribution in [2.24, 2.45) is 0 Å². The van der Waals surface area contributed by atoms with Crippen LogP contribution in [0.3, 0.4) is 0 Å². The minimum absolute atomic E-state index is 0.0150. The van der Waals surface area contributed by atoms with E-state index in [9.17, 15) is 19.8 Å². The zero-order valence-electron chi connectivity index (χ0n) is 45.9. The second-order valence-corrected chi connectivity index (χ2v) is 21.0. The quantitative estimate of drug-likeness (QED) is 0.0321. The Balaban J connectivity index is 3.38. The van der Waals surface area contributed by atoms with Crippen LogP contribution in [0.1, 0.15) is 335 Å². The Morgan fingerprint density at radius 3 is 1.04 bits per heavy atom. The number of allylic oxidation sites excluding steroid dienone is 3. The van der Waals surface area contributed by atoms with Gasteiger partial charge in [-0.1, -0.05) is 289 Å². The van der Waals surface area contributed by atoms with Crippen molar-refractivity contribution in [3.63, 3.8) is 0 Å². The summed E-state index contributed by atoms with van der Waals surface area (Å²) in [4.78, 5) is 24.5. The normalized spacial score (nSPS) is 12.7. The Bertz CT molecular complexity index is 1060. The highest BCUT2D eigenvalue weighted by Gasteiger charge is 2.18. The molecular formula is C62H119NO5. The summed E-state index contributed by atoms with van der Waals surface area (Å²) in [6.45, 7) is 4.91. The molecule has 0 aromatic rings. The maximum atomic E-state index is 12.4. The molecule has 68 heavy (non-hydrogen) atoms. The zero-order valence-corrected chi connectivity index (χ0v) is 45.9. The van der Waals surface area contributed by atoms with Crippen molar-refractivity contribution in [1.82, 2.24) is 5.32 Å². The molecule has 2 atom stereocenters. The van der Waals surface area contributed by atoms with Crippen LogP contribution < -0.4 is 5.32 Å². The van der Waals surface area contributed by atoms with E-state index in [1.54, 1.807) is 6.08 Å². The molecule has 0 aliphatic carbocycles. The number of ether oxygens (including phenoxy) is 1. The Morgan fingerprint density at radius 2 is 0.691 bits per heavy atom. The largest absolute Gasteiger partial charge is 0.466 e. The maximum Gasteiger partial charge on any atom is 0.305 e. The first-order valence-corrected chi connectivity index (χ1v) is 30.6. The van der Waals surface area contributed by atoms with E-state index in [4.69, 9.17) is 4.74 Å². The van der Waals surface area contributed by atoms with Crippen molar-refractivity contribution >= 4 is 11.9 Å². The number of carbonyl (C=O) groups is 2. The third-order valence-corrected chi connectivity index (χ3v) is 14.2. The first-order valence-electron chi connectivity index (χ1n) is 30.6. The van der Waals surface area contributed by atoms with Gasteiger partial charge in [0.1, 0.15) is 0 Å². The fraction of sp³-hybridized carbons (Fsp3) is 0.903. The lowest BCUT2D eigenvalue weighted by atomic mass is 10.0. The fourth-order valence-electron chi connectivity index (χ4n) is 9.51. The molecule has 6 nitrogen and oxygen atoms in total. The number of esters is 1. The Morgan fingerprint density at radius 1 is 0.397 bits per heavy atom. The van der Waals surface area contributed by atoms with Crippen LogP contribution in [0.15, 0.2) is 24.3 Å². The average Bonchev–Trinajstić information content (AvgIpc) is 3.34. The van der Waals surface area contributed by atoms with Crippen molar-refractivity contribution in [2.45, 2.75) is 347 Å². The van der Waals surface area contributed by atoms with E-state index >= 15 is 0 Å². The number of carbonyl (C=O) groups excluding carboxylic acids is 2. The van der Waals surface area contributed by atoms with Gasteiger partial charge in [-0.05, 0) is 57.8 Å². The summed E-state index contributed by atoms with van der Waals surface area (Å²) in [7, 11) is 0. The number of hydrogen-bond donors (Lipinski definition) is 3. The van der Waals surface area contributed by atoms with E-state index in [-0.39, 0.29) is 18.5 Å². The van der Waals surface area contributed by atoms with Crippen LogP contribution in [0.5, 0.6) is 0 Å². The molecule has 3 N–H and O–H groups in total. The van der Waals surface area contributed by atoms with Crippen LogP contribution >= 0.6 is 0 Å². The average molecular weight is 959 g/mol. The third kappa shape index (κ3) is 53.7. The Labute approximate surface area is 424 Å². The number of nitrogens with one attached hydrogen (secondary N) is 1. The summed E-state index contributed by atoms with van der Waals surface area (Å²) in [5.74, 6) is -0.0597. The lowest BCUT2D eigenvalue weighted by Gasteiger charge is -2.20. The Kier molecular flexibility index (Phi) is 56.5. The molecule has 0 rings (SSSR count). The van der Waals surface area contributed by atoms with E-state index in [0.717, 1.165) is 44.9 Å². The highest BCUT2D eigenvalue weighted by Crippen LogP contribution is 2.17. The zero-order chi connectivity index (χ0) is 49.3. The van der Waals surface area contributed by atoms with Gasteiger partial charge in [0.25, 0.3) is 0 Å². The van der Waals surface area contributed by atoms with Crippen molar-refractivity contribution in [2.75, 3.05) is 13.2 Å². The van der Waals surface area contributed by atoms with E-state index in [1.165, 1.54) is 263 Å². The van der Waals surface area contributed by atoms with Crippen molar-refractivity contribution in [3.8, 4) is 0 Å². The number of rotatable bonds is 57. The molecule has 0 aliphatic rings. The van der Waals surface area contributed by atoms with E-state index in [2.05, 4.69) is 31.3 Å². The van der Waals surface area contributed by atoms with Gasteiger partial charge < -0.3 is 20.3 Å². The van der Waals surface area contributed by atoms with E-state index in [0.29, 0.717) is 19.4 Å². The molecule has 1 amide bonds. The van der Waals surface area contributed by atoms with Gasteiger partial charge in [0.2, 0.25) is 5.91 Å². The summed E-state index contributed by atoms with van der Waals surface area (Å²) >= 11 is 0. The molecule has 0 aromatic heterocycles. The van der Waals surface area contributed by atoms with Crippen molar-refractivity contribution in [1.29, 1.82) is 0 Å². The van der Waals surface area contributed by atoms with Gasteiger partial charge in [0.15, 0.2) is 0 Å².